The molecule has 0 aliphatic heterocycles. The van der Waals surface area contributed by atoms with Gasteiger partial charge in [0.05, 0.1) is 11.0 Å². The number of benzene rings is 7. The Morgan fingerprint density at radius 2 is 0.674 bits per heavy atom. The van der Waals surface area contributed by atoms with Gasteiger partial charge in [0, 0.05) is 33.2 Å². The van der Waals surface area contributed by atoms with Crippen LogP contribution in [0.1, 0.15) is 0 Å². The van der Waals surface area contributed by atoms with Crippen LogP contribution in [0.4, 0.5) is 0 Å². The number of para-hydroxylation sites is 2. The molecule has 43 heavy (non-hydrogen) atoms. The monoisotopic (exact) mass is 547 g/mol. The van der Waals surface area contributed by atoms with Gasteiger partial charge in [-0.3, -0.25) is 0 Å². The van der Waals surface area contributed by atoms with Gasteiger partial charge in [-0.25, -0.2) is 0 Å². The van der Waals surface area contributed by atoms with Crippen LogP contribution in [0.5, 0.6) is 0 Å². The van der Waals surface area contributed by atoms with Gasteiger partial charge in [0.15, 0.2) is 0 Å². The first kappa shape index (κ1) is 25.1. The molecule has 0 saturated carbocycles. The maximum absolute atomic E-state index is 2.47. The van der Waals surface area contributed by atoms with Crippen LogP contribution < -0.4 is 0 Å². The van der Waals surface area contributed by atoms with E-state index in [0.29, 0.717) is 0 Å². The fourth-order valence-corrected chi connectivity index (χ4v) is 6.63. The largest absolute Gasteiger partial charge is 0.309 e. The molecule has 1 nitrogen and oxygen atoms in total. The lowest BCUT2D eigenvalue weighted by Gasteiger charge is -2.24. The Morgan fingerprint density at radius 1 is 0.302 bits per heavy atom. The first-order valence-electron chi connectivity index (χ1n) is 14.8. The van der Waals surface area contributed by atoms with E-state index in [9.17, 15) is 0 Å². The highest BCUT2D eigenvalue weighted by Crippen LogP contribution is 2.53. The van der Waals surface area contributed by atoms with Crippen molar-refractivity contribution in [3.05, 3.63) is 176 Å². The van der Waals surface area contributed by atoms with Crippen molar-refractivity contribution in [2.24, 2.45) is 0 Å². The third kappa shape index (κ3) is 4.17. The van der Waals surface area contributed by atoms with E-state index in [2.05, 4.69) is 180 Å². The van der Waals surface area contributed by atoms with Crippen molar-refractivity contribution in [3.8, 4) is 50.2 Å². The van der Waals surface area contributed by atoms with Gasteiger partial charge in [-0.2, -0.15) is 0 Å². The number of rotatable bonds is 5. The Balaban J connectivity index is 1.74. The van der Waals surface area contributed by atoms with E-state index in [-0.39, 0.29) is 0 Å². The summed E-state index contributed by atoms with van der Waals surface area (Å²) in [6.45, 7) is 0. The van der Waals surface area contributed by atoms with Gasteiger partial charge < -0.3 is 4.57 Å². The van der Waals surface area contributed by atoms with Crippen LogP contribution in [-0.4, -0.2) is 4.57 Å². The summed E-state index contributed by atoms with van der Waals surface area (Å²) >= 11 is 0. The van der Waals surface area contributed by atoms with Crippen molar-refractivity contribution in [3.63, 3.8) is 0 Å². The van der Waals surface area contributed by atoms with E-state index in [1.54, 1.807) is 0 Å². The molecule has 8 rings (SSSR count). The van der Waals surface area contributed by atoms with Crippen LogP contribution >= 0.6 is 0 Å². The van der Waals surface area contributed by atoms with Crippen molar-refractivity contribution in [1.29, 1.82) is 0 Å². The van der Waals surface area contributed by atoms with Crippen LogP contribution in [0.15, 0.2) is 176 Å². The zero-order chi connectivity index (χ0) is 28.6. The third-order valence-electron chi connectivity index (χ3n) is 8.38. The Bertz CT molecular complexity index is 2180. The molecule has 0 aliphatic rings. The minimum Gasteiger partial charge on any atom is -0.309 e. The molecule has 0 fully saturated rings. The maximum Gasteiger partial charge on any atom is 0.0632 e. The Hall–Kier alpha value is -5.66. The number of aromatic nitrogens is 1. The van der Waals surface area contributed by atoms with Gasteiger partial charge >= 0.3 is 0 Å². The lowest BCUT2D eigenvalue weighted by molar-refractivity contribution is 1.18. The van der Waals surface area contributed by atoms with Crippen LogP contribution in [0.2, 0.25) is 0 Å². The number of nitrogens with zero attached hydrogens (tertiary/aromatic N) is 1. The average Bonchev–Trinajstić information content (AvgIpc) is 3.44. The number of hydrogen-bond acceptors (Lipinski definition) is 0. The average molecular weight is 548 g/mol. The van der Waals surface area contributed by atoms with Gasteiger partial charge in [-0.05, 0) is 46.0 Å². The molecule has 0 atom stereocenters. The van der Waals surface area contributed by atoms with E-state index in [1.807, 2.05) is 0 Å². The zero-order valence-corrected chi connectivity index (χ0v) is 23.7. The summed E-state index contributed by atoms with van der Waals surface area (Å²) in [4.78, 5) is 0. The van der Waals surface area contributed by atoms with Crippen molar-refractivity contribution in [1.82, 2.24) is 4.57 Å². The SMILES string of the molecule is c1ccc(-c2c(-c3ccccc3)c(-c3ccccc3)c3c(c2-c2ccccc2)c2ccccc2n3-c2ccccc2)cc1. The molecule has 1 aromatic heterocycles. The molecule has 1 heterocycles. The summed E-state index contributed by atoms with van der Waals surface area (Å²) in [5, 5.41) is 2.51. The number of hydrogen-bond donors (Lipinski definition) is 0. The first-order valence-corrected chi connectivity index (χ1v) is 14.8. The number of fused-ring (bicyclic) bond motifs is 3. The zero-order valence-electron chi connectivity index (χ0n) is 23.7. The van der Waals surface area contributed by atoms with Crippen molar-refractivity contribution >= 4 is 21.8 Å². The van der Waals surface area contributed by atoms with E-state index in [0.717, 1.165) is 5.69 Å². The molecule has 0 aliphatic carbocycles. The van der Waals surface area contributed by atoms with E-state index >= 15 is 0 Å². The lowest BCUT2D eigenvalue weighted by atomic mass is 9.80. The summed E-state index contributed by atoms with van der Waals surface area (Å²) in [6, 6.07) is 63.3. The molecule has 0 bridgehead atoms. The summed E-state index contributed by atoms with van der Waals surface area (Å²) in [6.07, 6.45) is 0. The second-order valence-corrected chi connectivity index (χ2v) is 10.9. The van der Waals surface area contributed by atoms with Crippen molar-refractivity contribution < 1.29 is 0 Å². The second kappa shape index (κ2) is 10.6. The van der Waals surface area contributed by atoms with E-state index < -0.39 is 0 Å². The van der Waals surface area contributed by atoms with Crippen LogP contribution in [0.25, 0.3) is 72.0 Å². The smallest absolute Gasteiger partial charge is 0.0632 e. The lowest BCUT2D eigenvalue weighted by Crippen LogP contribution is -2.00. The van der Waals surface area contributed by atoms with Gasteiger partial charge in [0.25, 0.3) is 0 Å². The summed E-state index contributed by atoms with van der Waals surface area (Å²) in [5.41, 5.74) is 13.4. The molecule has 7 aromatic carbocycles. The highest BCUT2D eigenvalue weighted by atomic mass is 15.0. The highest BCUT2D eigenvalue weighted by Gasteiger charge is 2.28. The molecule has 0 saturated heterocycles. The first-order chi connectivity index (χ1) is 21.4. The molecule has 0 unspecified atom stereocenters. The molecular formula is C42H29N. The normalized spacial score (nSPS) is 11.3. The van der Waals surface area contributed by atoms with E-state index in [4.69, 9.17) is 0 Å². The molecule has 0 radical (unpaired) electrons. The van der Waals surface area contributed by atoms with Crippen LogP contribution in [0.3, 0.4) is 0 Å². The minimum atomic E-state index is 1.15. The quantitative estimate of drug-likeness (QED) is 0.202. The van der Waals surface area contributed by atoms with Crippen LogP contribution in [-0.2, 0) is 0 Å². The Labute approximate surface area is 251 Å². The molecule has 1 heteroatoms. The summed E-state index contributed by atoms with van der Waals surface area (Å²) in [5.74, 6) is 0. The Morgan fingerprint density at radius 3 is 1.19 bits per heavy atom. The molecule has 0 amide bonds. The predicted octanol–water partition coefficient (Wildman–Crippen LogP) is 11.5. The highest BCUT2D eigenvalue weighted by molar-refractivity contribution is 6.26. The second-order valence-electron chi connectivity index (χ2n) is 10.9. The van der Waals surface area contributed by atoms with E-state index in [1.165, 1.54) is 66.3 Å². The fourth-order valence-electron chi connectivity index (χ4n) is 6.63. The van der Waals surface area contributed by atoms with Crippen molar-refractivity contribution in [2.45, 2.75) is 0 Å². The maximum atomic E-state index is 2.47. The fraction of sp³-hybridized carbons (Fsp3) is 0. The minimum absolute atomic E-state index is 1.15. The summed E-state index contributed by atoms with van der Waals surface area (Å²) < 4.78 is 2.47. The van der Waals surface area contributed by atoms with Crippen molar-refractivity contribution in [2.75, 3.05) is 0 Å². The Kier molecular flexibility index (Phi) is 6.20. The molecular weight excluding hydrogens is 518 g/mol. The summed E-state index contributed by atoms with van der Waals surface area (Å²) in [7, 11) is 0. The topological polar surface area (TPSA) is 4.93 Å². The van der Waals surface area contributed by atoms with Gasteiger partial charge in [0.2, 0.25) is 0 Å². The van der Waals surface area contributed by atoms with Gasteiger partial charge in [-0.1, -0.05) is 158 Å². The van der Waals surface area contributed by atoms with Gasteiger partial charge in [0.1, 0.15) is 0 Å². The molecule has 8 aromatic rings. The molecule has 202 valence electrons. The van der Waals surface area contributed by atoms with Crippen LogP contribution in [0, 0.1) is 0 Å². The molecule has 0 N–H and O–H groups in total. The third-order valence-corrected chi connectivity index (χ3v) is 8.38. The predicted molar refractivity (Wildman–Crippen MR) is 183 cm³/mol. The van der Waals surface area contributed by atoms with Gasteiger partial charge in [-0.15, -0.1) is 0 Å². The molecule has 0 spiro atoms. The standard InChI is InChI=1S/C42H29N/c1-6-18-30(19-7-1)37-38(31-20-8-2-9-21-31)40(33-24-12-4-13-25-33)42-41(39(37)32-22-10-3-11-23-32)35-28-16-17-29-36(35)43(42)34-26-14-5-15-27-34/h1-29H.